The van der Waals surface area contributed by atoms with Gasteiger partial charge in [-0.25, -0.2) is 0 Å². The first-order chi connectivity index (χ1) is 7.65. The van der Waals surface area contributed by atoms with Crippen LogP contribution in [0.5, 0.6) is 0 Å². The van der Waals surface area contributed by atoms with Crippen LogP contribution in [-0.4, -0.2) is 55.3 Å². The summed E-state index contributed by atoms with van der Waals surface area (Å²) in [6.45, 7) is 3.84. The minimum atomic E-state index is 0.567. The van der Waals surface area contributed by atoms with Gasteiger partial charge in [-0.15, -0.1) is 0 Å². The van der Waals surface area contributed by atoms with Gasteiger partial charge in [0.2, 0.25) is 0 Å². The van der Waals surface area contributed by atoms with Crippen molar-refractivity contribution in [3.05, 3.63) is 0 Å². The van der Waals surface area contributed by atoms with Crippen LogP contribution < -0.4 is 0 Å². The van der Waals surface area contributed by atoms with Crippen LogP contribution in [0.25, 0.3) is 0 Å². The molecule has 1 unspecified atom stereocenters. The first kappa shape index (κ1) is 12.7. The summed E-state index contributed by atoms with van der Waals surface area (Å²) < 4.78 is 0. The molecule has 16 heavy (non-hydrogen) atoms. The first-order valence-electron chi connectivity index (χ1n) is 6.65. The average molecular weight is 242 g/mol. The fourth-order valence-electron chi connectivity index (χ4n) is 3.21. The van der Waals surface area contributed by atoms with E-state index in [0.717, 1.165) is 11.8 Å². The van der Waals surface area contributed by atoms with Crippen LogP contribution in [-0.2, 0) is 0 Å². The van der Waals surface area contributed by atoms with E-state index in [1.807, 2.05) is 0 Å². The van der Waals surface area contributed by atoms with Gasteiger partial charge in [0, 0.05) is 19.1 Å². The summed E-state index contributed by atoms with van der Waals surface area (Å²) in [6.07, 6.45) is 7.01. The van der Waals surface area contributed by atoms with E-state index in [9.17, 15) is 0 Å². The zero-order chi connectivity index (χ0) is 11.6. The predicted octanol–water partition coefficient (Wildman–Crippen LogP) is 2.11. The monoisotopic (exact) mass is 242 g/mol. The normalized spacial score (nSPS) is 29.6. The van der Waals surface area contributed by atoms with Crippen LogP contribution in [0.1, 0.15) is 32.1 Å². The highest BCUT2D eigenvalue weighted by molar-refractivity contribution is 7.80. The van der Waals surface area contributed by atoms with E-state index in [1.54, 1.807) is 0 Å². The van der Waals surface area contributed by atoms with Crippen LogP contribution in [0, 0.1) is 5.41 Å². The fraction of sp³-hybridized carbons (Fsp3) is 1.00. The molecule has 0 aromatic rings. The van der Waals surface area contributed by atoms with Crippen molar-refractivity contribution in [1.29, 1.82) is 0 Å². The maximum absolute atomic E-state index is 4.57. The van der Waals surface area contributed by atoms with E-state index >= 15 is 0 Å². The second-order valence-electron chi connectivity index (χ2n) is 6.04. The topological polar surface area (TPSA) is 6.48 Å². The van der Waals surface area contributed by atoms with Crippen molar-refractivity contribution in [1.82, 2.24) is 9.80 Å². The molecule has 1 saturated carbocycles. The Morgan fingerprint density at radius 1 is 1.31 bits per heavy atom. The number of rotatable bonds is 5. The van der Waals surface area contributed by atoms with Gasteiger partial charge >= 0.3 is 0 Å². The van der Waals surface area contributed by atoms with Crippen molar-refractivity contribution in [2.24, 2.45) is 5.41 Å². The van der Waals surface area contributed by atoms with Crippen LogP contribution in [0.4, 0.5) is 0 Å². The van der Waals surface area contributed by atoms with Crippen molar-refractivity contribution in [3.63, 3.8) is 0 Å². The zero-order valence-electron chi connectivity index (χ0n) is 10.8. The van der Waals surface area contributed by atoms with Crippen molar-refractivity contribution in [3.8, 4) is 0 Å². The lowest BCUT2D eigenvalue weighted by molar-refractivity contribution is 0.0760. The molecule has 2 fully saturated rings. The van der Waals surface area contributed by atoms with Crippen LogP contribution in [0.3, 0.4) is 0 Å². The Labute approximate surface area is 106 Å². The van der Waals surface area contributed by atoms with Gasteiger partial charge < -0.3 is 4.90 Å². The summed E-state index contributed by atoms with van der Waals surface area (Å²) in [5.74, 6) is 1.08. The number of thiol groups is 1. The Morgan fingerprint density at radius 3 is 2.56 bits per heavy atom. The number of hydrogen-bond donors (Lipinski definition) is 1. The Bertz CT molecular complexity index is 220. The summed E-state index contributed by atoms with van der Waals surface area (Å²) in [7, 11) is 4.38. The third-order valence-electron chi connectivity index (χ3n) is 4.36. The molecule has 0 aromatic carbocycles. The largest absolute Gasteiger partial charge is 0.308 e. The zero-order valence-corrected chi connectivity index (χ0v) is 11.7. The van der Waals surface area contributed by atoms with E-state index < -0.39 is 0 Å². The molecule has 1 saturated heterocycles. The Kier molecular flexibility index (Phi) is 4.20. The highest BCUT2D eigenvalue weighted by atomic mass is 32.1. The Morgan fingerprint density at radius 2 is 2.06 bits per heavy atom. The molecule has 2 aliphatic rings. The molecule has 0 spiro atoms. The number of likely N-dealkylation sites (tertiary alicyclic amines) is 1. The minimum absolute atomic E-state index is 0.567. The van der Waals surface area contributed by atoms with Gasteiger partial charge in [-0.3, -0.25) is 4.90 Å². The minimum Gasteiger partial charge on any atom is -0.308 e. The maximum atomic E-state index is 4.57. The molecule has 0 amide bonds. The number of likely N-dealkylation sites (N-methyl/N-ethyl adjacent to an activating group) is 1. The molecule has 0 bridgehead atoms. The van der Waals surface area contributed by atoms with E-state index in [1.165, 1.54) is 51.7 Å². The first-order valence-corrected chi connectivity index (χ1v) is 7.28. The van der Waals surface area contributed by atoms with E-state index in [2.05, 4.69) is 36.5 Å². The molecule has 3 heteroatoms. The lowest BCUT2D eigenvalue weighted by Crippen LogP contribution is -2.47. The third-order valence-corrected chi connectivity index (χ3v) is 5.03. The molecular weight excluding hydrogens is 216 g/mol. The van der Waals surface area contributed by atoms with E-state index in [0.29, 0.717) is 5.41 Å². The van der Waals surface area contributed by atoms with Gasteiger partial charge in [-0.05, 0) is 57.5 Å². The van der Waals surface area contributed by atoms with Crippen LogP contribution in [0.2, 0.25) is 0 Å². The second-order valence-corrected chi connectivity index (χ2v) is 6.36. The van der Waals surface area contributed by atoms with Crippen LogP contribution >= 0.6 is 12.6 Å². The summed E-state index contributed by atoms with van der Waals surface area (Å²) in [5.41, 5.74) is 0.567. The van der Waals surface area contributed by atoms with Crippen LogP contribution in [0.15, 0.2) is 0 Å². The smallest absolute Gasteiger partial charge is 0.0223 e. The molecule has 0 N–H and O–H groups in total. The Balaban J connectivity index is 1.87. The SMILES string of the molecule is CN(C)CC1CCCN1CC1(CS)CCC1. The Hall–Kier alpha value is 0.270. The summed E-state index contributed by atoms with van der Waals surface area (Å²) >= 11 is 4.57. The van der Waals surface area contributed by atoms with E-state index in [-0.39, 0.29) is 0 Å². The molecule has 1 aliphatic carbocycles. The average Bonchev–Trinajstić information content (AvgIpc) is 2.58. The quantitative estimate of drug-likeness (QED) is 0.738. The van der Waals surface area contributed by atoms with Crippen molar-refractivity contribution in [2.75, 3.05) is 39.5 Å². The second kappa shape index (κ2) is 5.28. The highest BCUT2D eigenvalue weighted by Crippen LogP contribution is 2.43. The molecule has 0 aromatic heterocycles. The summed E-state index contributed by atoms with van der Waals surface area (Å²) in [4.78, 5) is 5.06. The molecule has 1 heterocycles. The van der Waals surface area contributed by atoms with Gasteiger partial charge in [-0.2, -0.15) is 12.6 Å². The van der Waals surface area contributed by atoms with Gasteiger partial charge in [0.05, 0.1) is 0 Å². The fourth-order valence-corrected chi connectivity index (χ4v) is 3.62. The molecule has 1 aliphatic heterocycles. The number of hydrogen-bond acceptors (Lipinski definition) is 3. The standard InChI is InChI=1S/C13H26N2S/c1-14(2)9-12-5-3-8-15(12)10-13(11-16)6-4-7-13/h12,16H,3-11H2,1-2H3. The van der Waals surface area contributed by atoms with Gasteiger partial charge in [-0.1, -0.05) is 6.42 Å². The van der Waals surface area contributed by atoms with Gasteiger partial charge in [0.15, 0.2) is 0 Å². The lowest BCUT2D eigenvalue weighted by atomic mass is 9.70. The third kappa shape index (κ3) is 2.74. The lowest BCUT2D eigenvalue weighted by Gasteiger charge is -2.45. The summed E-state index contributed by atoms with van der Waals surface area (Å²) in [6, 6.07) is 0.798. The molecule has 0 radical (unpaired) electrons. The highest BCUT2D eigenvalue weighted by Gasteiger charge is 2.39. The van der Waals surface area contributed by atoms with Crippen molar-refractivity contribution >= 4 is 12.6 Å². The predicted molar refractivity (Wildman–Crippen MR) is 73.3 cm³/mol. The molecule has 1 atom stereocenters. The molecular formula is C13H26N2S. The van der Waals surface area contributed by atoms with Gasteiger partial charge in [0.1, 0.15) is 0 Å². The van der Waals surface area contributed by atoms with E-state index in [4.69, 9.17) is 0 Å². The number of nitrogens with zero attached hydrogens (tertiary/aromatic N) is 2. The van der Waals surface area contributed by atoms with Crippen molar-refractivity contribution < 1.29 is 0 Å². The van der Waals surface area contributed by atoms with Crippen molar-refractivity contribution in [2.45, 2.75) is 38.1 Å². The molecule has 94 valence electrons. The molecule has 2 nitrogen and oxygen atoms in total. The summed E-state index contributed by atoms with van der Waals surface area (Å²) in [5, 5.41) is 0. The maximum Gasteiger partial charge on any atom is 0.0223 e. The molecule has 2 rings (SSSR count). The van der Waals surface area contributed by atoms with Gasteiger partial charge in [0.25, 0.3) is 0 Å².